The molecule has 0 bridgehead atoms. The lowest BCUT2D eigenvalue weighted by Gasteiger charge is -2.17. The molecule has 0 aliphatic heterocycles. The molecule has 0 saturated carbocycles. The molecule has 1 unspecified atom stereocenters. The molecule has 0 aliphatic carbocycles. The van der Waals surface area contributed by atoms with Crippen molar-refractivity contribution in [1.29, 1.82) is 0 Å². The van der Waals surface area contributed by atoms with Crippen LogP contribution in [0.15, 0.2) is 48.5 Å². The van der Waals surface area contributed by atoms with E-state index in [9.17, 15) is 10.1 Å². The molecular weight excluding hydrogens is 252 g/mol. The van der Waals surface area contributed by atoms with Crippen molar-refractivity contribution in [1.82, 2.24) is 0 Å². The molecule has 0 saturated heterocycles. The topological polar surface area (TPSA) is 55.2 Å². The van der Waals surface area contributed by atoms with Crippen LogP contribution < -0.4 is 5.32 Å². The Hall–Kier alpha value is -2.36. The van der Waals surface area contributed by atoms with Gasteiger partial charge in [-0.25, -0.2) is 0 Å². The van der Waals surface area contributed by atoms with Crippen LogP contribution in [0.3, 0.4) is 0 Å². The first-order valence-electron chi connectivity index (χ1n) is 6.56. The molecule has 0 heterocycles. The Bertz CT molecular complexity index is 576. The molecule has 0 radical (unpaired) electrons. The van der Waals surface area contributed by atoms with E-state index < -0.39 is 0 Å². The fraction of sp³-hybridized carbons (Fsp3) is 0.250. The summed E-state index contributed by atoms with van der Waals surface area (Å²) in [7, 11) is 0. The van der Waals surface area contributed by atoms with Gasteiger partial charge >= 0.3 is 0 Å². The number of rotatable bonds is 5. The number of nitro groups is 1. The highest BCUT2D eigenvalue weighted by Gasteiger charge is 2.17. The van der Waals surface area contributed by atoms with Crippen molar-refractivity contribution in [2.75, 3.05) is 11.9 Å². The molecule has 2 rings (SSSR count). The lowest BCUT2D eigenvalue weighted by molar-refractivity contribution is -0.482. The van der Waals surface area contributed by atoms with Crippen LogP contribution in [0.25, 0.3) is 0 Å². The average Bonchev–Trinajstić information content (AvgIpc) is 2.37. The van der Waals surface area contributed by atoms with Crippen LogP contribution in [0.2, 0.25) is 0 Å². The third-order valence-corrected chi connectivity index (χ3v) is 3.10. The van der Waals surface area contributed by atoms with Crippen molar-refractivity contribution >= 4 is 5.69 Å². The van der Waals surface area contributed by atoms with Gasteiger partial charge in [0.1, 0.15) is 6.04 Å². The standard InChI is InChI=1S/C16H18N2O2/c1-12-8-13(2)10-15(9-12)17-16(11-18(19)20)14-6-4-3-5-7-14/h3-10,16-17H,11H2,1-2H3. The average molecular weight is 270 g/mol. The first kappa shape index (κ1) is 14.1. The fourth-order valence-electron chi connectivity index (χ4n) is 2.33. The lowest BCUT2D eigenvalue weighted by atomic mass is 10.1. The van der Waals surface area contributed by atoms with Gasteiger partial charge in [-0.15, -0.1) is 0 Å². The summed E-state index contributed by atoms with van der Waals surface area (Å²) in [6, 6.07) is 15.3. The summed E-state index contributed by atoms with van der Waals surface area (Å²) in [5.74, 6) is 0. The van der Waals surface area contributed by atoms with Gasteiger partial charge in [0.2, 0.25) is 6.54 Å². The highest BCUT2D eigenvalue weighted by atomic mass is 16.6. The maximum Gasteiger partial charge on any atom is 0.227 e. The second kappa shape index (κ2) is 6.19. The molecule has 0 aromatic heterocycles. The minimum atomic E-state index is -0.326. The summed E-state index contributed by atoms with van der Waals surface area (Å²) in [4.78, 5) is 10.6. The van der Waals surface area contributed by atoms with Crippen LogP contribution in [0.5, 0.6) is 0 Å². The molecule has 0 spiro atoms. The van der Waals surface area contributed by atoms with E-state index >= 15 is 0 Å². The summed E-state index contributed by atoms with van der Waals surface area (Å²) < 4.78 is 0. The van der Waals surface area contributed by atoms with Gasteiger partial charge in [-0.3, -0.25) is 10.1 Å². The van der Waals surface area contributed by atoms with Gasteiger partial charge in [-0.05, 0) is 42.7 Å². The van der Waals surface area contributed by atoms with E-state index in [1.54, 1.807) is 0 Å². The Morgan fingerprint density at radius 1 is 1.10 bits per heavy atom. The van der Waals surface area contributed by atoms with Gasteiger partial charge in [0, 0.05) is 10.6 Å². The van der Waals surface area contributed by atoms with E-state index in [-0.39, 0.29) is 17.5 Å². The van der Waals surface area contributed by atoms with Crippen LogP contribution in [0.4, 0.5) is 5.69 Å². The van der Waals surface area contributed by atoms with Crippen LogP contribution in [-0.4, -0.2) is 11.5 Å². The minimum absolute atomic E-state index is 0.142. The largest absolute Gasteiger partial charge is 0.372 e. The molecule has 20 heavy (non-hydrogen) atoms. The predicted molar refractivity (Wildman–Crippen MR) is 80.6 cm³/mol. The highest BCUT2D eigenvalue weighted by molar-refractivity contribution is 5.50. The molecule has 4 heteroatoms. The second-order valence-corrected chi connectivity index (χ2v) is 5.00. The van der Waals surface area contributed by atoms with Crippen molar-refractivity contribution in [2.45, 2.75) is 19.9 Å². The quantitative estimate of drug-likeness (QED) is 0.665. The van der Waals surface area contributed by atoms with Crippen molar-refractivity contribution in [3.63, 3.8) is 0 Å². The molecule has 1 N–H and O–H groups in total. The Kier molecular flexibility index (Phi) is 4.35. The van der Waals surface area contributed by atoms with E-state index in [0.29, 0.717) is 0 Å². The van der Waals surface area contributed by atoms with E-state index in [1.165, 1.54) is 0 Å². The van der Waals surface area contributed by atoms with Crippen molar-refractivity contribution in [3.8, 4) is 0 Å². The van der Waals surface area contributed by atoms with Gasteiger partial charge < -0.3 is 5.32 Å². The highest BCUT2D eigenvalue weighted by Crippen LogP contribution is 2.22. The molecule has 2 aromatic rings. The Morgan fingerprint density at radius 2 is 1.70 bits per heavy atom. The summed E-state index contributed by atoms with van der Waals surface area (Å²) in [5, 5.41) is 14.1. The molecule has 1 atom stereocenters. The Labute approximate surface area is 118 Å². The zero-order chi connectivity index (χ0) is 14.5. The number of nitrogens with one attached hydrogen (secondary N) is 1. The Balaban J connectivity index is 2.26. The smallest absolute Gasteiger partial charge is 0.227 e. The van der Waals surface area contributed by atoms with Crippen LogP contribution in [0.1, 0.15) is 22.7 Å². The number of hydrogen-bond acceptors (Lipinski definition) is 3. The number of anilines is 1. The van der Waals surface area contributed by atoms with Gasteiger partial charge in [0.05, 0.1) is 0 Å². The number of nitrogens with zero attached hydrogens (tertiary/aromatic N) is 1. The summed E-state index contributed by atoms with van der Waals surface area (Å²) >= 11 is 0. The van der Waals surface area contributed by atoms with Crippen LogP contribution in [0, 0.1) is 24.0 Å². The molecule has 0 aliphatic rings. The van der Waals surface area contributed by atoms with Gasteiger partial charge in [-0.2, -0.15) is 0 Å². The van der Waals surface area contributed by atoms with Crippen molar-refractivity contribution < 1.29 is 4.92 Å². The summed E-state index contributed by atoms with van der Waals surface area (Å²) in [6.45, 7) is 3.89. The zero-order valence-electron chi connectivity index (χ0n) is 11.7. The van der Waals surface area contributed by atoms with E-state index in [1.807, 2.05) is 56.3 Å². The summed E-state index contributed by atoms with van der Waals surface area (Å²) in [6.07, 6.45) is 0. The lowest BCUT2D eigenvalue weighted by Crippen LogP contribution is -2.20. The molecule has 0 fully saturated rings. The second-order valence-electron chi connectivity index (χ2n) is 5.00. The summed E-state index contributed by atoms with van der Waals surface area (Å²) in [5.41, 5.74) is 4.11. The number of aryl methyl sites for hydroxylation is 2. The first-order chi connectivity index (χ1) is 9.54. The normalized spacial score (nSPS) is 11.9. The van der Waals surface area contributed by atoms with Gasteiger partial charge in [0.15, 0.2) is 0 Å². The third-order valence-electron chi connectivity index (χ3n) is 3.10. The monoisotopic (exact) mass is 270 g/mol. The van der Waals surface area contributed by atoms with Crippen molar-refractivity contribution in [2.24, 2.45) is 0 Å². The van der Waals surface area contributed by atoms with Crippen LogP contribution >= 0.6 is 0 Å². The molecule has 0 amide bonds. The first-order valence-corrected chi connectivity index (χ1v) is 6.56. The van der Waals surface area contributed by atoms with E-state index in [4.69, 9.17) is 0 Å². The Morgan fingerprint density at radius 3 is 2.25 bits per heavy atom. The van der Waals surface area contributed by atoms with Gasteiger partial charge in [0.25, 0.3) is 0 Å². The third kappa shape index (κ3) is 3.82. The SMILES string of the molecule is Cc1cc(C)cc(NC(C[N+](=O)[O-])c2ccccc2)c1. The van der Waals surface area contributed by atoms with E-state index in [0.717, 1.165) is 22.4 Å². The van der Waals surface area contributed by atoms with E-state index in [2.05, 4.69) is 11.4 Å². The molecule has 104 valence electrons. The minimum Gasteiger partial charge on any atom is -0.372 e. The molecule has 2 aromatic carbocycles. The number of hydrogen-bond donors (Lipinski definition) is 1. The number of benzene rings is 2. The molecular formula is C16H18N2O2. The molecule has 4 nitrogen and oxygen atoms in total. The fourth-order valence-corrected chi connectivity index (χ4v) is 2.33. The van der Waals surface area contributed by atoms with Gasteiger partial charge in [-0.1, -0.05) is 36.4 Å². The zero-order valence-corrected chi connectivity index (χ0v) is 11.7. The maximum atomic E-state index is 10.9. The maximum absolute atomic E-state index is 10.9. The van der Waals surface area contributed by atoms with Crippen LogP contribution in [-0.2, 0) is 0 Å². The van der Waals surface area contributed by atoms with Crippen molar-refractivity contribution in [3.05, 3.63) is 75.3 Å². The predicted octanol–water partition coefficient (Wildman–Crippen LogP) is 3.73.